The van der Waals surface area contributed by atoms with E-state index in [9.17, 15) is 28.1 Å². The van der Waals surface area contributed by atoms with Crippen LogP contribution in [0.1, 0.15) is 82.6 Å². The molecule has 0 saturated carbocycles. The van der Waals surface area contributed by atoms with Gasteiger partial charge in [-0.05, 0) is 112 Å². The lowest BCUT2D eigenvalue weighted by Gasteiger charge is -2.39. The van der Waals surface area contributed by atoms with Gasteiger partial charge in [0, 0.05) is 86.3 Å². The number of carbonyl (C=O) groups excluding carboxylic acids is 2. The van der Waals surface area contributed by atoms with Crippen molar-refractivity contribution in [1.29, 1.82) is 0 Å². The number of ether oxygens (including phenoxy) is 3. The van der Waals surface area contributed by atoms with Gasteiger partial charge in [-0.3, -0.25) is 19.8 Å². The summed E-state index contributed by atoms with van der Waals surface area (Å²) < 4.78 is 48.1. The molecule has 3 aliphatic heterocycles. The number of piperazine rings is 1. The number of carbonyl (C=O) groups is 2. The van der Waals surface area contributed by atoms with Gasteiger partial charge >= 0.3 is 6.09 Å². The van der Waals surface area contributed by atoms with E-state index in [1.54, 1.807) is 29.3 Å². The van der Waals surface area contributed by atoms with Crippen LogP contribution in [-0.2, 0) is 14.8 Å². The molecule has 2 aromatic heterocycles. The van der Waals surface area contributed by atoms with Crippen LogP contribution in [0, 0.1) is 21.4 Å². The van der Waals surface area contributed by atoms with E-state index in [-0.39, 0.29) is 46.7 Å². The van der Waals surface area contributed by atoms with E-state index in [0.717, 1.165) is 61.1 Å². The summed E-state index contributed by atoms with van der Waals surface area (Å²) in [6.07, 6.45) is 7.23. The Bertz CT molecular complexity index is 2950. The smallest absolute Gasteiger partial charge is 0.410 e. The van der Waals surface area contributed by atoms with E-state index >= 15 is 0 Å². The molecular weight excluding hydrogens is 936 g/mol. The summed E-state index contributed by atoms with van der Waals surface area (Å²) in [5.74, 6) is -0.604. The zero-order chi connectivity index (χ0) is 49.5. The molecule has 2 fully saturated rings. The van der Waals surface area contributed by atoms with E-state index < -0.39 is 43.1 Å². The number of rotatable bonds is 11. The Morgan fingerprint density at radius 1 is 1.00 bits per heavy atom. The molecule has 2 saturated heterocycles. The first-order valence-corrected chi connectivity index (χ1v) is 25.6. The number of piperidine rings is 1. The molecule has 370 valence electrons. The number of hydrogen-bond donors (Lipinski definition) is 3. The van der Waals surface area contributed by atoms with Crippen LogP contribution in [0.3, 0.4) is 0 Å². The first kappa shape index (κ1) is 48.6. The third-order valence-electron chi connectivity index (χ3n) is 13.6. The molecule has 19 heteroatoms. The first-order valence-electron chi connectivity index (χ1n) is 23.7. The van der Waals surface area contributed by atoms with Gasteiger partial charge in [-0.2, -0.15) is 0 Å². The topological polar surface area (TPSA) is 202 Å². The number of fused-ring (bicyclic) bond motifs is 2. The predicted octanol–water partition coefficient (Wildman–Crippen LogP) is 9.64. The lowest BCUT2D eigenvalue weighted by molar-refractivity contribution is -0.384. The molecule has 0 spiro atoms. The van der Waals surface area contributed by atoms with Crippen LogP contribution in [0.2, 0.25) is 5.02 Å². The second kappa shape index (κ2) is 19.4. The average molecular weight is 996 g/mol. The minimum atomic E-state index is -4.71. The SMILES string of the molecule is CC1(C)CCC(CN2CCN(c3ccc(C(=O)NS(=O)(=O)c4cc5c(c([N+](=O)[O-])c4)N[C@H](C4CCN(C(=O)OC(C)(C)C)CC4)CO5)c(Oc4cnc5[nH]ccc5c4)c3)CC2)=C(c2ccc(Cl)cc2)C1. The van der Waals surface area contributed by atoms with Crippen LogP contribution in [-0.4, -0.2) is 109 Å². The van der Waals surface area contributed by atoms with Gasteiger partial charge in [0.05, 0.1) is 27.6 Å². The lowest BCUT2D eigenvalue weighted by Crippen LogP contribution is -2.47. The van der Waals surface area contributed by atoms with Gasteiger partial charge in [0.2, 0.25) is 0 Å². The van der Waals surface area contributed by atoms with Crippen molar-refractivity contribution in [2.24, 2.45) is 11.3 Å². The highest BCUT2D eigenvalue weighted by molar-refractivity contribution is 7.90. The van der Waals surface area contributed by atoms with Crippen molar-refractivity contribution in [3.8, 4) is 17.2 Å². The summed E-state index contributed by atoms with van der Waals surface area (Å²) in [5.41, 5.74) is 4.52. The second-order valence-corrected chi connectivity index (χ2v) is 22.6. The Kier molecular flexibility index (Phi) is 13.5. The number of aromatic nitrogens is 2. The summed E-state index contributed by atoms with van der Waals surface area (Å²) in [4.78, 5) is 51.9. The van der Waals surface area contributed by atoms with Crippen LogP contribution in [0.4, 0.5) is 21.9 Å². The summed E-state index contributed by atoms with van der Waals surface area (Å²) in [6.45, 7) is 14.9. The van der Waals surface area contributed by atoms with Gasteiger partial charge in [-0.1, -0.05) is 43.2 Å². The van der Waals surface area contributed by atoms with E-state index in [1.807, 2.05) is 39.0 Å². The predicted molar refractivity (Wildman–Crippen MR) is 268 cm³/mol. The maximum Gasteiger partial charge on any atom is 0.410 e. The molecule has 3 aromatic carbocycles. The van der Waals surface area contributed by atoms with Crippen molar-refractivity contribution in [3.05, 3.63) is 111 Å². The molecule has 3 N–H and O–H groups in total. The molecule has 0 unspecified atom stereocenters. The molecule has 5 aromatic rings. The Morgan fingerprint density at radius 2 is 1.74 bits per heavy atom. The number of likely N-dealkylation sites (tertiary alicyclic amines) is 1. The van der Waals surface area contributed by atoms with Crippen LogP contribution < -0.4 is 24.4 Å². The first-order chi connectivity index (χ1) is 33.3. The van der Waals surface area contributed by atoms with E-state index in [0.29, 0.717) is 50.4 Å². The third-order valence-corrected chi connectivity index (χ3v) is 15.2. The average Bonchev–Trinajstić information content (AvgIpc) is 3.79. The van der Waals surface area contributed by atoms with E-state index in [1.165, 1.54) is 35.0 Å². The number of H-pyrrole nitrogens is 1. The number of allylic oxidation sites excluding steroid dienone is 1. The highest BCUT2D eigenvalue weighted by Crippen LogP contribution is 2.45. The standard InChI is InChI=1S/C51H59ClN8O9S/c1-50(2,3)69-49(62)59-18-14-33(15-19-59)42-31-67-45-27-39(26-43(60(63)64)46(45)55-42)70(65,66)56-48(61)40-11-10-37(25-44(40)68-38-24-34-13-17-53-47(34)54-29-38)58-22-20-57(21-23-58)30-35-12-16-51(4,5)28-41(35)32-6-8-36(52)9-7-32/h6-11,13,17,24-27,29,33,42,55H,12,14-16,18-23,28,30-31H2,1-5H3,(H,53,54)(H,56,61)/t42-/m0/s1. The van der Waals surface area contributed by atoms with E-state index in [2.05, 4.69) is 55.8 Å². The molecule has 17 nitrogen and oxygen atoms in total. The fourth-order valence-corrected chi connectivity index (χ4v) is 10.9. The highest BCUT2D eigenvalue weighted by Gasteiger charge is 2.37. The Balaban J connectivity index is 0.913. The van der Waals surface area contributed by atoms with Crippen molar-refractivity contribution in [1.82, 2.24) is 24.5 Å². The summed E-state index contributed by atoms with van der Waals surface area (Å²) in [7, 11) is -4.71. The number of anilines is 2. The van der Waals surface area contributed by atoms with Crippen molar-refractivity contribution >= 4 is 67.3 Å². The molecule has 4 aliphatic rings. The number of nitro benzene ring substituents is 1. The van der Waals surface area contributed by atoms with Gasteiger partial charge in [0.1, 0.15) is 29.4 Å². The van der Waals surface area contributed by atoms with Crippen LogP contribution in [0.15, 0.2) is 89.6 Å². The summed E-state index contributed by atoms with van der Waals surface area (Å²) in [5, 5.41) is 17.2. The quantitative estimate of drug-likeness (QED) is 0.0835. The third kappa shape index (κ3) is 11.0. The van der Waals surface area contributed by atoms with Gasteiger partial charge < -0.3 is 34.3 Å². The van der Waals surface area contributed by atoms with Gasteiger partial charge in [0.15, 0.2) is 11.4 Å². The number of nitrogens with one attached hydrogen (secondary N) is 3. The molecule has 1 aliphatic carbocycles. The molecule has 2 amide bonds. The van der Waals surface area contributed by atoms with Gasteiger partial charge in [0.25, 0.3) is 21.6 Å². The molecule has 5 heterocycles. The number of aromatic amines is 1. The minimum absolute atomic E-state index is 0.00854. The van der Waals surface area contributed by atoms with Crippen LogP contribution in [0.25, 0.3) is 16.6 Å². The van der Waals surface area contributed by atoms with Gasteiger partial charge in [-0.15, -0.1) is 0 Å². The largest absolute Gasteiger partial charge is 0.489 e. The fraction of sp³-hybridized carbons (Fsp3) is 0.431. The van der Waals surface area contributed by atoms with Crippen molar-refractivity contribution < 1.29 is 37.1 Å². The normalized spacial score (nSPS) is 19.0. The number of sulfonamides is 1. The van der Waals surface area contributed by atoms with Crippen LogP contribution in [0.5, 0.6) is 17.2 Å². The molecule has 0 bridgehead atoms. The fourth-order valence-electron chi connectivity index (χ4n) is 9.82. The molecule has 9 rings (SSSR count). The van der Waals surface area contributed by atoms with E-state index in [4.69, 9.17) is 25.8 Å². The van der Waals surface area contributed by atoms with Crippen molar-refractivity contribution in [3.63, 3.8) is 0 Å². The zero-order valence-corrected chi connectivity index (χ0v) is 41.6. The lowest BCUT2D eigenvalue weighted by atomic mass is 9.72. The maximum absolute atomic E-state index is 14.1. The van der Waals surface area contributed by atoms with Gasteiger partial charge in [-0.25, -0.2) is 22.9 Å². The number of amides is 2. The number of benzene rings is 3. The monoisotopic (exact) mass is 994 g/mol. The number of pyridine rings is 1. The maximum atomic E-state index is 14.1. The number of nitro groups is 1. The second-order valence-electron chi connectivity index (χ2n) is 20.4. The number of halogens is 1. The van der Waals surface area contributed by atoms with Crippen LogP contribution >= 0.6 is 11.6 Å². The zero-order valence-electron chi connectivity index (χ0n) is 40.0. The summed E-state index contributed by atoms with van der Waals surface area (Å²) in [6, 6.07) is 18.5. The van der Waals surface area contributed by atoms with Crippen molar-refractivity contribution in [2.45, 2.75) is 83.3 Å². The molecule has 1 atom stereocenters. The highest BCUT2D eigenvalue weighted by atomic mass is 35.5. The Morgan fingerprint density at radius 3 is 2.46 bits per heavy atom. The molecule has 0 radical (unpaired) electrons. The Hall–Kier alpha value is -6.37. The number of nitrogens with zero attached hydrogens (tertiary/aromatic N) is 5. The summed E-state index contributed by atoms with van der Waals surface area (Å²) >= 11 is 6.26. The number of hydrogen-bond acceptors (Lipinski definition) is 13. The molecule has 70 heavy (non-hydrogen) atoms. The molecular formula is C51H59ClN8O9S. The minimum Gasteiger partial charge on any atom is -0.489 e. The Labute approximate surface area is 412 Å². The van der Waals surface area contributed by atoms with Crippen molar-refractivity contribution in [2.75, 3.05) is 62.6 Å².